The maximum absolute atomic E-state index is 5.65. The average molecular weight is 216 g/mol. The van der Waals surface area contributed by atoms with Gasteiger partial charge in [-0.3, -0.25) is 4.68 Å². The summed E-state index contributed by atoms with van der Waals surface area (Å²) in [5.74, 6) is 2.16. The van der Waals surface area contributed by atoms with Crippen molar-refractivity contribution in [1.82, 2.24) is 9.78 Å². The lowest BCUT2D eigenvalue weighted by Crippen LogP contribution is -1.88. The van der Waals surface area contributed by atoms with Crippen LogP contribution in [0.4, 0.5) is 0 Å². The SMILES string of the molecule is CC(C)c1ccc(Oc2cnn(C)c2)cc1. The van der Waals surface area contributed by atoms with Crippen LogP contribution in [0.25, 0.3) is 0 Å². The first-order valence-corrected chi connectivity index (χ1v) is 5.41. The summed E-state index contributed by atoms with van der Waals surface area (Å²) < 4.78 is 7.37. The van der Waals surface area contributed by atoms with Crippen LogP contribution in [-0.2, 0) is 7.05 Å². The number of ether oxygens (including phenoxy) is 1. The van der Waals surface area contributed by atoms with Gasteiger partial charge in [0.1, 0.15) is 5.75 Å². The maximum Gasteiger partial charge on any atom is 0.165 e. The Morgan fingerprint density at radius 1 is 1.12 bits per heavy atom. The molecule has 0 atom stereocenters. The lowest BCUT2D eigenvalue weighted by molar-refractivity contribution is 0.481. The van der Waals surface area contributed by atoms with Gasteiger partial charge in [0.15, 0.2) is 5.75 Å². The lowest BCUT2D eigenvalue weighted by atomic mass is 10.0. The predicted octanol–water partition coefficient (Wildman–Crippen LogP) is 3.34. The second-order valence-corrected chi connectivity index (χ2v) is 4.18. The van der Waals surface area contributed by atoms with Crippen LogP contribution in [-0.4, -0.2) is 9.78 Å². The molecule has 0 amide bonds. The molecule has 2 aromatic rings. The highest BCUT2D eigenvalue weighted by atomic mass is 16.5. The van der Waals surface area contributed by atoms with Crippen LogP contribution in [0.1, 0.15) is 25.3 Å². The fraction of sp³-hybridized carbons (Fsp3) is 0.308. The van der Waals surface area contributed by atoms with Crippen LogP contribution in [0, 0.1) is 0 Å². The van der Waals surface area contributed by atoms with Crippen LogP contribution < -0.4 is 4.74 Å². The van der Waals surface area contributed by atoms with Gasteiger partial charge < -0.3 is 4.74 Å². The van der Waals surface area contributed by atoms with Gasteiger partial charge in [-0.15, -0.1) is 0 Å². The van der Waals surface area contributed by atoms with Gasteiger partial charge in [-0.05, 0) is 23.6 Å². The molecule has 0 unspecified atom stereocenters. The fourth-order valence-electron chi connectivity index (χ4n) is 1.51. The Morgan fingerprint density at radius 2 is 1.81 bits per heavy atom. The second-order valence-electron chi connectivity index (χ2n) is 4.18. The van der Waals surface area contributed by atoms with Crippen LogP contribution in [0.5, 0.6) is 11.5 Å². The zero-order valence-electron chi connectivity index (χ0n) is 9.84. The Bertz CT molecular complexity index is 457. The second kappa shape index (κ2) is 4.39. The van der Waals surface area contributed by atoms with E-state index in [1.807, 2.05) is 25.4 Å². The highest BCUT2D eigenvalue weighted by Gasteiger charge is 2.01. The lowest BCUT2D eigenvalue weighted by Gasteiger charge is -2.06. The van der Waals surface area contributed by atoms with E-state index in [0.29, 0.717) is 5.92 Å². The minimum atomic E-state index is 0.549. The molecule has 0 aliphatic carbocycles. The molecule has 1 heterocycles. The van der Waals surface area contributed by atoms with E-state index in [4.69, 9.17) is 4.74 Å². The maximum atomic E-state index is 5.65. The molecule has 3 heteroatoms. The first-order chi connectivity index (χ1) is 7.65. The molecule has 1 aromatic heterocycles. The van der Waals surface area contributed by atoms with Crippen molar-refractivity contribution in [3.8, 4) is 11.5 Å². The number of aromatic nitrogens is 2. The third kappa shape index (κ3) is 2.42. The highest BCUT2D eigenvalue weighted by molar-refractivity contribution is 5.32. The summed E-state index contributed by atoms with van der Waals surface area (Å²) in [6, 6.07) is 8.16. The van der Waals surface area contributed by atoms with Crippen LogP contribution in [0.2, 0.25) is 0 Å². The van der Waals surface area contributed by atoms with Gasteiger partial charge in [-0.1, -0.05) is 26.0 Å². The summed E-state index contributed by atoms with van der Waals surface area (Å²) in [4.78, 5) is 0. The minimum absolute atomic E-state index is 0.549. The molecule has 3 nitrogen and oxygen atoms in total. The van der Waals surface area contributed by atoms with Crippen molar-refractivity contribution >= 4 is 0 Å². The van der Waals surface area contributed by atoms with E-state index in [2.05, 4.69) is 31.1 Å². The first-order valence-electron chi connectivity index (χ1n) is 5.41. The van der Waals surface area contributed by atoms with Gasteiger partial charge in [0.2, 0.25) is 0 Å². The Balaban J connectivity index is 2.11. The minimum Gasteiger partial charge on any atom is -0.454 e. The molecule has 0 fully saturated rings. The van der Waals surface area contributed by atoms with Crippen LogP contribution in [0.15, 0.2) is 36.7 Å². The van der Waals surface area contributed by atoms with E-state index in [1.165, 1.54) is 5.56 Å². The Morgan fingerprint density at radius 3 is 2.31 bits per heavy atom. The summed E-state index contributed by atoms with van der Waals surface area (Å²) in [6.07, 6.45) is 3.55. The smallest absolute Gasteiger partial charge is 0.165 e. The zero-order chi connectivity index (χ0) is 11.5. The molecule has 1 aromatic carbocycles. The Kier molecular flexibility index (Phi) is 2.95. The van der Waals surface area contributed by atoms with E-state index in [1.54, 1.807) is 10.9 Å². The summed E-state index contributed by atoms with van der Waals surface area (Å²) in [7, 11) is 1.87. The molecule has 0 saturated carbocycles. The van der Waals surface area contributed by atoms with Crippen molar-refractivity contribution in [1.29, 1.82) is 0 Å². The van der Waals surface area contributed by atoms with Gasteiger partial charge in [0.25, 0.3) is 0 Å². The van der Waals surface area contributed by atoms with E-state index in [9.17, 15) is 0 Å². The normalized spacial score (nSPS) is 10.8. The molecule has 0 aliphatic heterocycles. The molecule has 0 aliphatic rings. The van der Waals surface area contributed by atoms with Crippen molar-refractivity contribution in [3.63, 3.8) is 0 Å². The number of hydrogen-bond donors (Lipinski definition) is 0. The molecule has 0 radical (unpaired) electrons. The number of aryl methyl sites for hydroxylation is 1. The van der Waals surface area contributed by atoms with Crippen molar-refractivity contribution in [3.05, 3.63) is 42.2 Å². The summed E-state index contributed by atoms with van der Waals surface area (Å²) in [6.45, 7) is 4.36. The Hall–Kier alpha value is -1.77. The molecule has 2 rings (SSSR count). The molecular formula is C13H16N2O. The zero-order valence-corrected chi connectivity index (χ0v) is 9.84. The van der Waals surface area contributed by atoms with Crippen LogP contribution >= 0.6 is 0 Å². The largest absolute Gasteiger partial charge is 0.454 e. The molecule has 84 valence electrons. The summed E-state index contributed by atoms with van der Waals surface area (Å²) >= 11 is 0. The van der Waals surface area contributed by atoms with Gasteiger partial charge in [0.05, 0.1) is 12.4 Å². The van der Waals surface area contributed by atoms with E-state index < -0.39 is 0 Å². The first kappa shape index (κ1) is 10.7. The van der Waals surface area contributed by atoms with E-state index in [0.717, 1.165) is 11.5 Å². The quantitative estimate of drug-likeness (QED) is 0.786. The third-order valence-electron chi connectivity index (χ3n) is 2.46. The number of nitrogens with zero attached hydrogens (tertiary/aromatic N) is 2. The van der Waals surface area contributed by atoms with Crippen molar-refractivity contribution in [2.24, 2.45) is 7.05 Å². The number of rotatable bonds is 3. The Labute approximate surface area is 95.7 Å². The average Bonchev–Trinajstić information content (AvgIpc) is 2.65. The number of hydrogen-bond acceptors (Lipinski definition) is 2. The fourth-order valence-corrected chi connectivity index (χ4v) is 1.51. The molecule has 0 spiro atoms. The summed E-state index contributed by atoms with van der Waals surface area (Å²) in [5.41, 5.74) is 1.32. The van der Waals surface area contributed by atoms with Crippen molar-refractivity contribution in [2.45, 2.75) is 19.8 Å². The van der Waals surface area contributed by atoms with Gasteiger partial charge in [0, 0.05) is 7.05 Å². The van der Waals surface area contributed by atoms with Crippen LogP contribution in [0.3, 0.4) is 0 Å². The summed E-state index contributed by atoms with van der Waals surface area (Å²) in [5, 5.41) is 4.05. The topological polar surface area (TPSA) is 27.1 Å². The van der Waals surface area contributed by atoms with Gasteiger partial charge in [-0.2, -0.15) is 5.10 Å². The van der Waals surface area contributed by atoms with E-state index in [-0.39, 0.29) is 0 Å². The molecule has 16 heavy (non-hydrogen) atoms. The van der Waals surface area contributed by atoms with Crippen molar-refractivity contribution in [2.75, 3.05) is 0 Å². The highest BCUT2D eigenvalue weighted by Crippen LogP contribution is 2.23. The predicted molar refractivity (Wildman–Crippen MR) is 63.8 cm³/mol. The molecule has 0 bridgehead atoms. The standard InChI is InChI=1S/C13H16N2O/c1-10(2)11-4-6-12(7-5-11)16-13-8-14-15(3)9-13/h4-10H,1-3H3. The van der Waals surface area contributed by atoms with E-state index >= 15 is 0 Å². The number of benzene rings is 1. The third-order valence-corrected chi connectivity index (χ3v) is 2.46. The molecule has 0 saturated heterocycles. The molecular weight excluding hydrogens is 200 g/mol. The van der Waals surface area contributed by atoms with Gasteiger partial charge in [-0.25, -0.2) is 0 Å². The monoisotopic (exact) mass is 216 g/mol. The van der Waals surface area contributed by atoms with Gasteiger partial charge >= 0.3 is 0 Å². The van der Waals surface area contributed by atoms with Crippen molar-refractivity contribution < 1.29 is 4.74 Å². The molecule has 0 N–H and O–H groups in total.